The number of H-pyrrole nitrogens is 1. The Kier molecular flexibility index (Phi) is 2.85. The van der Waals surface area contributed by atoms with Crippen molar-refractivity contribution in [2.75, 3.05) is 6.61 Å². The van der Waals surface area contributed by atoms with Crippen molar-refractivity contribution in [2.45, 2.75) is 25.2 Å². The van der Waals surface area contributed by atoms with Crippen LogP contribution in [0.5, 0.6) is 0 Å². The number of aromatic nitrogens is 2. The Morgan fingerprint density at radius 3 is 2.74 bits per heavy atom. The van der Waals surface area contributed by atoms with E-state index in [-0.39, 0.29) is 5.41 Å². The van der Waals surface area contributed by atoms with Crippen molar-refractivity contribution >= 4 is 5.97 Å². The zero-order valence-electron chi connectivity index (χ0n) is 10.8. The fraction of sp³-hybridized carbons (Fsp3) is 0.333. The summed E-state index contributed by atoms with van der Waals surface area (Å²) < 4.78 is 4.95. The summed E-state index contributed by atoms with van der Waals surface area (Å²) in [6.45, 7) is 2.15. The SMILES string of the molecule is CCOC(=O)c1ncc(C2(c3ccccc3)CC2)[nH]1. The minimum absolute atomic E-state index is 0.0129. The van der Waals surface area contributed by atoms with Crippen molar-refractivity contribution < 1.29 is 9.53 Å². The number of rotatable bonds is 4. The van der Waals surface area contributed by atoms with Gasteiger partial charge in [0.15, 0.2) is 0 Å². The van der Waals surface area contributed by atoms with Crippen molar-refractivity contribution in [2.24, 2.45) is 0 Å². The molecule has 1 aromatic heterocycles. The lowest BCUT2D eigenvalue weighted by Crippen LogP contribution is -2.11. The largest absolute Gasteiger partial charge is 0.460 e. The van der Waals surface area contributed by atoms with Gasteiger partial charge >= 0.3 is 5.97 Å². The Bertz CT molecular complexity index is 585. The van der Waals surface area contributed by atoms with E-state index in [4.69, 9.17) is 4.74 Å². The number of imidazole rings is 1. The highest BCUT2D eigenvalue weighted by molar-refractivity contribution is 5.85. The fourth-order valence-corrected chi connectivity index (χ4v) is 2.46. The van der Waals surface area contributed by atoms with E-state index in [2.05, 4.69) is 22.1 Å². The number of carbonyl (C=O) groups is 1. The van der Waals surface area contributed by atoms with E-state index < -0.39 is 5.97 Å². The number of ether oxygens (including phenoxy) is 1. The van der Waals surface area contributed by atoms with Crippen LogP contribution in [0, 0.1) is 0 Å². The first kappa shape index (κ1) is 12.0. The van der Waals surface area contributed by atoms with Gasteiger partial charge in [0.1, 0.15) is 0 Å². The molecule has 1 fully saturated rings. The lowest BCUT2D eigenvalue weighted by atomic mass is 9.93. The number of aromatic amines is 1. The summed E-state index contributed by atoms with van der Waals surface area (Å²) in [6, 6.07) is 10.3. The minimum atomic E-state index is -0.391. The highest BCUT2D eigenvalue weighted by Gasteiger charge is 2.47. The number of carbonyl (C=O) groups excluding carboxylic acids is 1. The average Bonchev–Trinajstić information content (AvgIpc) is 3.10. The van der Waals surface area contributed by atoms with E-state index in [1.54, 1.807) is 13.1 Å². The highest BCUT2D eigenvalue weighted by Crippen LogP contribution is 2.52. The second-order valence-electron chi connectivity index (χ2n) is 4.81. The molecule has 4 heteroatoms. The van der Waals surface area contributed by atoms with Gasteiger partial charge in [0.25, 0.3) is 0 Å². The van der Waals surface area contributed by atoms with E-state index >= 15 is 0 Å². The Labute approximate surface area is 111 Å². The third-order valence-corrected chi connectivity index (χ3v) is 3.64. The van der Waals surface area contributed by atoms with Crippen LogP contribution in [0.15, 0.2) is 36.5 Å². The molecule has 0 radical (unpaired) electrons. The predicted octanol–water partition coefficient (Wildman–Crippen LogP) is 2.67. The maximum Gasteiger partial charge on any atom is 0.374 e. The van der Waals surface area contributed by atoms with Gasteiger partial charge in [-0.3, -0.25) is 0 Å². The van der Waals surface area contributed by atoms with Gasteiger partial charge < -0.3 is 9.72 Å². The Balaban J connectivity index is 1.89. The maximum atomic E-state index is 11.6. The van der Waals surface area contributed by atoms with Crippen molar-refractivity contribution in [3.63, 3.8) is 0 Å². The molecule has 0 bridgehead atoms. The molecule has 3 rings (SSSR count). The lowest BCUT2D eigenvalue weighted by molar-refractivity contribution is 0.0513. The molecule has 1 saturated carbocycles. The molecule has 1 N–H and O–H groups in total. The van der Waals surface area contributed by atoms with E-state index in [9.17, 15) is 4.79 Å². The van der Waals surface area contributed by atoms with Crippen molar-refractivity contribution in [1.82, 2.24) is 9.97 Å². The van der Waals surface area contributed by atoms with Crippen LogP contribution in [-0.4, -0.2) is 22.5 Å². The number of nitrogens with one attached hydrogen (secondary N) is 1. The van der Waals surface area contributed by atoms with Crippen LogP contribution in [0.3, 0.4) is 0 Å². The minimum Gasteiger partial charge on any atom is -0.460 e. The topological polar surface area (TPSA) is 55.0 Å². The quantitative estimate of drug-likeness (QED) is 0.856. The van der Waals surface area contributed by atoms with E-state index in [0.717, 1.165) is 18.5 Å². The van der Waals surface area contributed by atoms with E-state index in [1.807, 2.05) is 18.2 Å². The molecule has 2 aromatic rings. The van der Waals surface area contributed by atoms with Crippen LogP contribution in [0.4, 0.5) is 0 Å². The molecule has 4 nitrogen and oxygen atoms in total. The molecular formula is C15H16N2O2. The first-order valence-corrected chi connectivity index (χ1v) is 6.54. The van der Waals surface area contributed by atoms with Crippen molar-refractivity contribution in [1.29, 1.82) is 0 Å². The summed E-state index contributed by atoms with van der Waals surface area (Å²) in [6.07, 6.45) is 3.93. The Morgan fingerprint density at radius 2 is 2.11 bits per heavy atom. The molecule has 1 aromatic carbocycles. The van der Waals surface area contributed by atoms with Gasteiger partial charge in [0, 0.05) is 17.3 Å². The van der Waals surface area contributed by atoms with Gasteiger partial charge in [0.2, 0.25) is 5.82 Å². The smallest absolute Gasteiger partial charge is 0.374 e. The maximum absolute atomic E-state index is 11.6. The number of hydrogen-bond donors (Lipinski definition) is 1. The van der Waals surface area contributed by atoms with E-state index in [1.165, 1.54) is 5.56 Å². The number of esters is 1. The van der Waals surface area contributed by atoms with Gasteiger partial charge in [-0.25, -0.2) is 9.78 Å². The van der Waals surface area contributed by atoms with Crippen LogP contribution in [0.1, 0.15) is 41.6 Å². The molecule has 0 aliphatic heterocycles. The van der Waals surface area contributed by atoms with Crippen LogP contribution in [-0.2, 0) is 10.2 Å². The molecule has 1 aliphatic rings. The molecular weight excluding hydrogens is 240 g/mol. The van der Waals surface area contributed by atoms with Gasteiger partial charge in [-0.2, -0.15) is 0 Å². The normalized spacial score (nSPS) is 16.1. The molecule has 0 saturated heterocycles. The Hall–Kier alpha value is -2.10. The highest BCUT2D eigenvalue weighted by atomic mass is 16.5. The average molecular weight is 256 g/mol. The van der Waals surface area contributed by atoms with E-state index in [0.29, 0.717) is 12.4 Å². The van der Waals surface area contributed by atoms with Crippen LogP contribution >= 0.6 is 0 Å². The zero-order valence-corrected chi connectivity index (χ0v) is 10.8. The summed E-state index contributed by atoms with van der Waals surface area (Å²) in [4.78, 5) is 18.9. The number of benzene rings is 1. The van der Waals surface area contributed by atoms with Crippen molar-refractivity contribution in [3.05, 3.63) is 53.6 Å². The summed E-state index contributed by atoms with van der Waals surface area (Å²) in [5, 5.41) is 0. The fourth-order valence-electron chi connectivity index (χ4n) is 2.46. The monoisotopic (exact) mass is 256 g/mol. The molecule has 0 amide bonds. The van der Waals surface area contributed by atoms with Crippen LogP contribution in [0.25, 0.3) is 0 Å². The van der Waals surface area contributed by atoms with Gasteiger partial charge in [-0.15, -0.1) is 0 Å². The third-order valence-electron chi connectivity index (χ3n) is 3.64. The third kappa shape index (κ3) is 2.03. The molecule has 0 atom stereocenters. The van der Waals surface area contributed by atoms with Crippen LogP contribution in [0.2, 0.25) is 0 Å². The molecule has 0 spiro atoms. The second kappa shape index (κ2) is 4.53. The molecule has 1 aliphatic carbocycles. The van der Waals surface area contributed by atoms with Gasteiger partial charge in [-0.1, -0.05) is 30.3 Å². The zero-order chi connectivity index (χ0) is 13.3. The van der Waals surface area contributed by atoms with Crippen molar-refractivity contribution in [3.8, 4) is 0 Å². The van der Waals surface area contributed by atoms with Gasteiger partial charge in [-0.05, 0) is 25.3 Å². The first-order valence-electron chi connectivity index (χ1n) is 6.54. The van der Waals surface area contributed by atoms with Crippen LogP contribution < -0.4 is 0 Å². The number of nitrogens with zero attached hydrogens (tertiary/aromatic N) is 1. The summed E-state index contributed by atoms with van der Waals surface area (Å²) >= 11 is 0. The summed E-state index contributed by atoms with van der Waals surface area (Å²) in [5.74, 6) is -0.100. The molecule has 0 unspecified atom stereocenters. The predicted molar refractivity (Wildman–Crippen MR) is 71.0 cm³/mol. The lowest BCUT2D eigenvalue weighted by Gasteiger charge is -2.13. The molecule has 98 valence electrons. The number of hydrogen-bond acceptors (Lipinski definition) is 3. The molecule has 19 heavy (non-hydrogen) atoms. The molecule has 1 heterocycles. The Morgan fingerprint density at radius 1 is 1.37 bits per heavy atom. The standard InChI is InChI=1S/C15H16N2O2/c1-2-19-14(18)13-16-10-12(17-13)15(8-9-15)11-6-4-3-5-7-11/h3-7,10H,2,8-9H2,1H3,(H,16,17). The summed E-state index contributed by atoms with van der Waals surface area (Å²) in [5.41, 5.74) is 2.29. The summed E-state index contributed by atoms with van der Waals surface area (Å²) in [7, 11) is 0. The van der Waals surface area contributed by atoms with Gasteiger partial charge in [0.05, 0.1) is 6.61 Å². The second-order valence-corrected chi connectivity index (χ2v) is 4.81. The first-order chi connectivity index (χ1) is 9.26.